The van der Waals surface area contributed by atoms with Crippen molar-refractivity contribution < 1.29 is 9.53 Å². The lowest BCUT2D eigenvalue weighted by Crippen LogP contribution is -2.40. The van der Waals surface area contributed by atoms with E-state index in [1.165, 1.54) is 36.8 Å². The molecule has 2 heteroatoms. The lowest BCUT2D eigenvalue weighted by molar-refractivity contribution is -0.129. The van der Waals surface area contributed by atoms with E-state index in [0.29, 0.717) is 23.5 Å². The molecule has 1 aromatic rings. The third kappa shape index (κ3) is 2.68. The van der Waals surface area contributed by atoms with Crippen LogP contribution in [0.25, 0.3) is 0 Å². The quantitative estimate of drug-likeness (QED) is 0.801. The van der Waals surface area contributed by atoms with E-state index >= 15 is 0 Å². The molecule has 0 amide bonds. The maximum Gasteiger partial charge on any atom is 0.136 e. The van der Waals surface area contributed by atoms with Crippen LogP contribution in [-0.4, -0.2) is 12.9 Å². The minimum Gasteiger partial charge on any atom is -0.497 e. The summed E-state index contributed by atoms with van der Waals surface area (Å²) in [6.45, 7) is 4.41. The molecule has 0 radical (unpaired) electrons. The number of hydrogen-bond donors (Lipinski definition) is 0. The third-order valence-electron chi connectivity index (χ3n) is 6.03. The van der Waals surface area contributed by atoms with E-state index in [1.54, 1.807) is 7.11 Å². The van der Waals surface area contributed by atoms with Crippen LogP contribution in [0, 0.1) is 17.8 Å². The predicted octanol–water partition coefficient (Wildman–Crippen LogP) is 4.76. The first-order valence-electron chi connectivity index (χ1n) is 8.85. The Morgan fingerprint density at radius 2 is 2.14 bits per heavy atom. The third-order valence-corrected chi connectivity index (χ3v) is 6.03. The number of aryl methyl sites for hydroxylation is 1. The minimum atomic E-state index is 0.257. The van der Waals surface area contributed by atoms with Gasteiger partial charge in [-0.3, -0.25) is 4.79 Å². The Morgan fingerprint density at radius 1 is 1.32 bits per heavy atom. The van der Waals surface area contributed by atoms with Gasteiger partial charge in [-0.15, -0.1) is 0 Å². The molecule has 2 aliphatic rings. The lowest BCUT2D eigenvalue weighted by atomic mass is 9.59. The van der Waals surface area contributed by atoms with Crippen LogP contribution >= 0.6 is 0 Å². The van der Waals surface area contributed by atoms with Gasteiger partial charge in [0.2, 0.25) is 0 Å². The summed E-state index contributed by atoms with van der Waals surface area (Å²) in [5.74, 6) is 3.40. The molecule has 0 saturated heterocycles. The van der Waals surface area contributed by atoms with Crippen molar-refractivity contribution in [3.63, 3.8) is 0 Å². The Bertz CT molecular complexity index is 549. The highest BCUT2D eigenvalue weighted by Crippen LogP contribution is 2.50. The summed E-state index contributed by atoms with van der Waals surface area (Å²) in [5, 5.41) is 0. The maximum atomic E-state index is 12.5. The molecule has 0 bridgehead atoms. The summed E-state index contributed by atoms with van der Waals surface area (Å²) < 4.78 is 5.36. The topological polar surface area (TPSA) is 26.3 Å². The summed E-state index contributed by atoms with van der Waals surface area (Å²) in [6.07, 6.45) is 6.81. The van der Waals surface area contributed by atoms with Gasteiger partial charge in [0, 0.05) is 12.3 Å². The van der Waals surface area contributed by atoms with Crippen molar-refractivity contribution in [1.29, 1.82) is 0 Å². The number of unbranched alkanes of at least 4 members (excludes halogenated alkanes) is 1. The van der Waals surface area contributed by atoms with Gasteiger partial charge in [-0.1, -0.05) is 32.8 Å². The van der Waals surface area contributed by atoms with E-state index in [9.17, 15) is 4.79 Å². The second kappa shape index (κ2) is 6.44. The van der Waals surface area contributed by atoms with E-state index < -0.39 is 0 Å². The van der Waals surface area contributed by atoms with Crippen molar-refractivity contribution in [2.75, 3.05) is 7.11 Å². The number of hydrogen-bond acceptors (Lipinski definition) is 2. The lowest BCUT2D eigenvalue weighted by Gasteiger charge is -2.45. The van der Waals surface area contributed by atoms with E-state index in [0.717, 1.165) is 18.6 Å². The highest BCUT2D eigenvalue weighted by molar-refractivity contribution is 5.83. The number of Topliss-reactive ketones (excluding diaryl/α,β-unsaturated/α-hetero) is 1. The molecule has 0 spiro atoms. The fourth-order valence-corrected chi connectivity index (χ4v) is 4.73. The molecule has 2 aliphatic carbocycles. The molecule has 0 heterocycles. The molecule has 1 unspecified atom stereocenters. The van der Waals surface area contributed by atoms with Crippen LogP contribution in [0.1, 0.15) is 63.0 Å². The Kier molecular flexibility index (Phi) is 4.56. The van der Waals surface area contributed by atoms with Crippen LogP contribution in [0.2, 0.25) is 0 Å². The van der Waals surface area contributed by atoms with Crippen LogP contribution in [0.5, 0.6) is 5.75 Å². The van der Waals surface area contributed by atoms with Crippen LogP contribution in [-0.2, 0) is 11.2 Å². The predicted molar refractivity (Wildman–Crippen MR) is 89.3 cm³/mol. The van der Waals surface area contributed by atoms with Gasteiger partial charge in [0.1, 0.15) is 11.5 Å². The molecule has 1 fully saturated rings. The van der Waals surface area contributed by atoms with Crippen molar-refractivity contribution in [3.8, 4) is 5.75 Å². The molecule has 1 saturated carbocycles. The first-order valence-corrected chi connectivity index (χ1v) is 8.85. The monoisotopic (exact) mass is 300 g/mol. The number of ether oxygens (including phenoxy) is 1. The first kappa shape index (κ1) is 15.6. The largest absolute Gasteiger partial charge is 0.497 e. The number of ketones is 1. The number of benzene rings is 1. The van der Waals surface area contributed by atoms with Gasteiger partial charge in [-0.2, -0.15) is 0 Å². The molecule has 0 N–H and O–H groups in total. The van der Waals surface area contributed by atoms with Crippen molar-refractivity contribution in [2.45, 2.75) is 58.3 Å². The van der Waals surface area contributed by atoms with E-state index in [4.69, 9.17) is 4.74 Å². The van der Waals surface area contributed by atoms with Crippen molar-refractivity contribution >= 4 is 5.78 Å². The summed E-state index contributed by atoms with van der Waals surface area (Å²) in [5.41, 5.74) is 2.82. The fraction of sp³-hybridized carbons (Fsp3) is 0.650. The fourth-order valence-electron chi connectivity index (χ4n) is 4.73. The summed E-state index contributed by atoms with van der Waals surface area (Å²) in [7, 11) is 1.72. The number of methoxy groups -OCH3 is 1. The van der Waals surface area contributed by atoms with Crippen molar-refractivity contribution in [1.82, 2.24) is 0 Å². The minimum absolute atomic E-state index is 0.257. The van der Waals surface area contributed by atoms with Crippen molar-refractivity contribution in [2.24, 2.45) is 17.8 Å². The average molecular weight is 300 g/mol. The summed E-state index contributed by atoms with van der Waals surface area (Å²) >= 11 is 0. The average Bonchev–Trinajstić information content (AvgIpc) is 2.54. The number of fused-ring (bicyclic) bond motifs is 3. The van der Waals surface area contributed by atoms with E-state index in [2.05, 4.69) is 32.0 Å². The standard InChI is InChI=1S/C20H28O2/c1-4-5-6-16-13(2)20(21)12-19-17-10-8-15(22-3)11-14(17)7-9-18(16)19/h8,10-11,13,16,18-19H,4-7,9,12H2,1-3H3/t13?,16-,18+,19+/m1/s1. The second-order valence-electron chi connectivity index (χ2n) is 7.14. The van der Waals surface area contributed by atoms with Gasteiger partial charge >= 0.3 is 0 Å². The van der Waals surface area contributed by atoms with Gasteiger partial charge in [0.15, 0.2) is 0 Å². The van der Waals surface area contributed by atoms with Gasteiger partial charge in [-0.05, 0) is 60.3 Å². The first-order chi connectivity index (χ1) is 10.7. The van der Waals surface area contributed by atoms with E-state index in [-0.39, 0.29) is 5.92 Å². The highest BCUT2D eigenvalue weighted by Gasteiger charge is 2.44. The van der Waals surface area contributed by atoms with Gasteiger partial charge in [0.25, 0.3) is 0 Å². The molecule has 0 aromatic heterocycles. The SMILES string of the molecule is CCCC[C@@H]1C(C)C(=O)C[C@H]2c3ccc(OC)cc3CC[C@@H]12. The van der Waals surface area contributed by atoms with Crippen LogP contribution < -0.4 is 4.74 Å². The Labute approximate surface area is 134 Å². The van der Waals surface area contributed by atoms with Crippen LogP contribution in [0.15, 0.2) is 18.2 Å². The second-order valence-corrected chi connectivity index (χ2v) is 7.14. The number of carbonyl (C=O) groups is 1. The van der Waals surface area contributed by atoms with Gasteiger partial charge < -0.3 is 4.74 Å². The van der Waals surface area contributed by atoms with E-state index in [1.807, 2.05) is 0 Å². The number of rotatable bonds is 4. The smallest absolute Gasteiger partial charge is 0.136 e. The Hall–Kier alpha value is -1.31. The van der Waals surface area contributed by atoms with Gasteiger partial charge in [0.05, 0.1) is 7.11 Å². The maximum absolute atomic E-state index is 12.5. The molecule has 2 nitrogen and oxygen atoms in total. The zero-order chi connectivity index (χ0) is 15.7. The van der Waals surface area contributed by atoms with Crippen LogP contribution in [0.4, 0.5) is 0 Å². The zero-order valence-corrected chi connectivity index (χ0v) is 14.1. The molecule has 0 aliphatic heterocycles. The summed E-state index contributed by atoms with van der Waals surface area (Å²) in [6, 6.07) is 6.45. The molecule has 4 atom stereocenters. The molecule has 3 rings (SSSR count). The zero-order valence-electron chi connectivity index (χ0n) is 14.1. The molecular weight excluding hydrogens is 272 g/mol. The Balaban J connectivity index is 1.90. The summed E-state index contributed by atoms with van der Waals surface area (Å²) in [4.78, 5) is 12.5. The van der Waals surface area contributed by atoms with Crippen LogP contribution in [0.3, 0.4) is 0 Å². The Morgan fingerprint density at radius 3 is 2.86 bits per heavy atom. The number of carbonyl (C=O) groups excluding carboxylic acids is 1. The van der Waals surface area contributed by atoms with Crippen molar-refractivity contribution in [3.05, 3.63) is 29.3 Å². The molecule has 1 aromatic carbocycles. The highest BCUT2D eigenvalue weighted by atomic mass is 16.5. The molecular formula is C20H28O2. The van der Waals surface area contributed by atoms with Gasteiger partial charge in [-0.25, -0.2) is 0 Å². The normalized spacial score (nSPS) is 30.6. The molecule has 120 valence electrons. The molecule has 22 heavy (non-hydrogen) atoms.